The van der Waals surface area contributed by atoms with Crippen LogP contribution in [0.15, 0.2) is 18.2 Å². The predicted molar refractivity (Wildman–Crippen MR) is 51.2 cm³/mol. The highest BCUT2D eigenvalue weighted by Crippen LogP contribution is 2.50. The number of rotatable bonds is 2. The van der Waals surface area contributed by atoms with E-state index in [1.165, 1.54) is 0 Å². The van der Waals surface area contributed by atoms with Gasteiger partial charge in [0.1, 0.15) is 11.5 Å². The first kappa shape index (κ1) is 8.89. The lowest BCUT2D eigenvalue weighted by Crippen LogP contribution is -2.02. The molecule has 3 nitrogen and oxygen atoms in total. The molecule has 0 atom stereocenters. The summed E-state index contributed by atoms with van der Waals surface area (Å²) in [5, 5.41) is 18.7. The third-order valence-corrected chi connectivity index (χ3v) is 2.68. The van der Waals surface area contributed by atoms with Gasteiger partial charge in [-0.15, -0.1) is 0 Å². The normalized spacial score (nSPS) is 17.1. The maximum absolute atomic E-state index is 9.70. The Morgan fingerprint density at radius 2 is 2.21 bits per heavy atom. The molecule has 72 valence electrons. The summed E-state index contributed by atoms with van der Waals surface area (Å²) in [4.78, 5) is 0. The van der Waals surface area contributed by atoms with Crippen LogP contribution in [0.25, 0.3) is 0 Å². The summed E-state index contributed by atoms with van der Waals surface area (Å²) in [5.74, 6) is 0.767. The molecule has 0 saturated heterocycles. The first-order valence-electron chi connectivity index (χ1n) is 4.50. The lowest BCUT2D eigenvalue weighted by atomic mass is 9.97. The zero-order valence-corrected chi connectivity index (χ0v) is 7.95. The molecule has 0 aliphatic heterocycles. The molecule has 1 aliphatic rings. The van der Waals surface area contributed by atoms with E-state index in [0.29, 0.717) is 5.75 Å². The van der Waals surface area contributed by atoms with Crippen LogP contribution in [0.1, 0.15) is 18.4 Å². The lowest BCUT2D eigenvalue weighted by molar-refractivity contribution is 0.406. The van der Waals surface area contributed by atoms with Gasteiger partial charge in [-0.3, -0.25) is 0 Å². The molecule has 0 aromatic heterocycles. The topological polar surface area (TPSA) is 53.2 Å². The fourth-order valence-corrected chi connectivity index (χ4v) is 1.61. The van der Waals surface area contributed by atoms with E-state index in [1.54, 1.807) is 25.3 Å². The first-order chi connectivity index (χ1) is 6.72. The van der Waals surface area contributed by atoms with Gasteiger partial charge in [0.15, 0.2) is 0 Å². The number of phenols is 1. The molecule has 1 aliphatic carbocycles. The van der Waals surface area contributed by atoms with Gasteiger partial charge in [0.25, 0.3) is 0 Å². The smallest absolute Gasteiger partial charge is 0.124 e. The van der Waals surface area contributed by atoms with Crippen LogP contribution in [0.3, 0.4) is 0 Å². The second-order valence-electron chi connectivity index (χ2n) is 3.58. The Morgan fingerprint density at radius 1 is 1.50 bits per heavy atom. The van der Waals surface area contributed by atoms with Crippen LogP contribution >= 0.6 is 0 Å². The molecule has 0 unspecified atom stereocenters. The van der Waals surface area contributed by atoms with E-state index in [4.69, 9.17) is 10.00 Å². The molecule has 1 aromatic carbocycles. The number of nitriles is 1. The van der Waals surface area contributed by atoms with Crippen molar-refractivity contribution in [2.75, 3.05) is 7.11 Å². The predicted octanol–water partition coefficient (Wildman–Crippen LogP) is 1.96. The maximum atomic E-state index is 9.70. The molecule has 0 spiro atoms. The second-order valence-corrected chi connectivity index (χ2v) is 3.58. The third-order valence-electron chi connectivity index (χ3n) is 2.68. The van der Waals surface area contributed by atoms with Crippen molar-refractivity contribution in [3.8, 4) is 17.6 Å². The standard InChI is InChI=1S/C11H11NO2/c1-14-8-2-3-9(10(13)6-8)11(7-12)4-5-11/h2-3,6,13H,4-5H2,1H3. The van der Waals surface area contributed by atoms with E-state index in [-0.39, 0.29) is 5.75 Å². The number of aromatic hydroxyl groups is 1. The van der Waals surface area contributed by atoms with Gasteiger partial charge in [-0.2, -0.15) is 5.26 Å². The van der Waals surface area contributed by atoms with Crippen molar-refractivity contribution < 1.29 is 9.84 Å². The average Bonchev–Trinajstić information content (AvgIpc) is 2.98. The van der Waals surface area contributed by atoms with Crippen LogP contribution in [0.4, 0.5) is 0 Å². The number of phenolic OH excluding ortho intramolecular Hbond substituents is 1. The summed E-state index contributed by atoms with van der Waals surface area (Å²) < 4.78 is 4.97. The number of hydrogen-bond donors (Lipinski definition) is 1. The molecule has 1 aromatic rings. The van der Waals surface area contributed by atoms with Crippen molar-refractivity contribution in [3.63, 3.8) is 0 Å². The monoisotopic (exact) mass is 189 g/mol. The quantitative estimate of drug-likeness (QED) is 0.773. The van der Waals surface area contributed by atoms with Gasteiger partial charge in [0, 0.05) is 11.6 Å². The van der Waals surface area contributed by atoms with E-state index in [0.717, 1.165) is 18.4 Å². The van der Waals surface area contributed by atoms with Crippen molar-refractivity contribution >= 4 is 0 Å². The molecular formula is C11H11NO2. The Morgan fingerprint density at radius 3 is 2.64 bits per heavy atom. The molecule has 1 N–H and O–H groups in total. The molecule has 2 rings (SSSR count). The van der Waals surface area contributed by atoms with Crippen LogP contribution in [0.5, 0.6) is 11.5 Å². The Kier molecular flexibility index (Phi) is 1.85. The van der Waals surface area contributed by atoms with Crippen molar-refractivity contribution in [3.05, 3.63) is 23.8 Å². The van der Waals surface area contributed by atoms with Crippen LogP contribution in [0.2, 0.25) is 0 Å². The van der Waals surface area contributed by atoms with Crippen molar-refractivity contribution in [1.29, 1.82) is 5.26 Å². The molecular weight excluding hydrogens is 178 g/mol. The van der Waals surface area contributed by atoms with Crippen LogP contribution in [0, 0.1) is 11.3 Å². The zero-order chi connectivity index (χ0) is 10.2. The Hall–Kier alpha value is -1.69. The second kappa shape index (κ2) is 2.91. The lowest BCUT2D eigenvalue weighted by Gasteiger charge is -2.09. The average molecular weight is 189 g/mol. The third kappa shape index (κ3) is 1.20. The Balaban J connectivity index is 2.42. The largest absolute Gasteiger partial charge is 0.507 e. The molecule has 0 heterocycles. The number of benzene rings is 1. The van der Waals surface area contributed by atoms with Crippen LogP contribution in [-0.2, 0) is 5.41 Å². The van der Waals surface area contributed by atoms with E-state index in [1.807, 2.05) is 0 Å². The van der Waals surface area contributed by atoms with Crippen LogP contribution in [-0.4, -0.2) is 12.2 Å². The SMILES string of the molecule is COc1ccc(C2(C#N)CC2)c(O)c1. The van der Waals surface area contributed by atoms with Crippen molar-refractivity contribution in [1.82, 2.24) is 0 Å². The molecule has 3 heteroatoms. The molecule has 0 amide bonds. The van der Waals surface area contributed by atoms with Crippen molar-refractivity contribution in [2.24, 2.45) is 0 Å². The Labute approximate surface area is 82.6 Å². The van der Waals surface area contributed by atoms with Gasteiger partial charge < -0.3 is 9.84 Å². The van der Waals surface area contributed by atoms with Crippen molar-refractivity contribution in [2.45, 2.75) is 18.3 Å². The zero-order valence-electron chi connectivity index (χ0n) is 7.95. The number of methoxy groups -OCH3 is 1. The van der Waals surface area contributed by atoms with Gasteiger partial charge in [-0.1, -0.05) is 6.07 Å². The first-order valence-corrected chi connectivity index (χ1v) is 4.50. The highest BCUT2D eigenvalue weighted by atomic mass is 16.5. The fourth-order valence-electron chi connectivity index (χ4n) is 1.61. The number of nitrogens with zero attached hydrogens (tertiary/aromatic N) is 1. The highest BCUT2D eigenvalue weighted by molar-refractivity contribution is 5.50. The Bertz CT molecular complexity index is 402. The summed E-state index contributed by atoms with van der Waals surface area (Å²) in [6, 6.07) is 7.33. The molecule has 14 heavy (non-hydrogen) atoms. The van der Waals surface area contributed by atoms with E-state index < -0.39 is 5.41 Å². The minimum Gasteiger partial charge on any atom is -0.507 e. The molecule has 1 saturated carbocycles. The van der Waals surface area contributed by atoms with Gasteiger partial charge in [-0.25, -0.2) is 0 Å². The maximum Gasteiger partial charge on any atom is 0.124 e. The number of ether oxygens (including phenoxy) is 1. The minimum atomic E-state index is -0.434. The van der Waals surface area contributed by atoms with E-state index in [2.05, 4.69) is 6.07 Å². The van der Waals surface area contributed by atoms with Gasteiger partial charge >= 0.3 is 0 Å². The summed E-state index contributed by atoms with van der Waals surface area (Å²) in [5.41, 5.74) is 0.289. The van der Waals surface area contributed by atoms with E-state index >= 15 is 0 Å². The van der Waals surface area contributed by atoms with Gasteiger partial charge in [-0.05, 0) is 18.9 Å². The molecule has 1 fully saturated rings. The number of hydrogen-bond acceptors (Lipinski definition) is 3. The fraction of sp³-hybridized carbons (Fsp3) is 0.364. The van der Waals surface area contributed by atoms with Gasteiger partial charge in [0.2, 0.25) is 0 Å². The van der Waals surface area contributed by atoms with Gasteiger partial charge in [0.05, 0.1) is 18.6 Å². The summed E-state index contributed by atoms with van der Waals surface area (Å²) in [6.45, 7) is 0. The summed E-state index contributed by atoms with van der Waals surface area (Å²) in [6.07, 6.45) is 1.67. The minimum absolute atomic E-state index is 0.156. The molecule has 0 radical (unpaired) electrons. The summed E-state index contributed by atoms with van der Waals surface area (Å²) in [7, 11) is 1.55. The highest BCUT2D eigenvalue weighted by Gasteiger charge is 2.46. The summed E-state index contributed by atoms with van der Waals surface area (Å²) >= 11 is 0. The molecule has 0 bridgehead atoms. The van der Waals surface area contributed by atoms with Crippen LogP contribution < -0.4 is 4.74 Å². The van der Waals surface area contributed by atoms with E-state index in [9.17, 15) is 5.11 Å².